The van der Waals surface area contributed by atoms with Gasteiger partial charge in [-0.1, -0.05) is 0 Å². The van der Waals surface area contributed by atoms with Gasteiger partial charge in [0, 0.05) is 0 Å². The third-order valence-corrected chi connectivity index (χ3v) is 4.66. The van der Waals surface area contributed by atoms with Gasteiger partial charge < -0.3 is 0 Å². The van der Waals surface area contributed by atoms with Crippen LogP contribution in [0.1, 0.15) is 6.92 Å². The maximum atomic E-state index is 11.2. The minimum atomic E-state index is -5.45. The van der Waals surface area contributed by atoms with Crippen molar-refractivity contribution in [3.05, 3.63) is 12.1 Å². The van der Waals surface area contributed by atoms with Gasteiger partial charge in [-0.2, -0.15) is 0 Å². The summed E-state index contributed by atoms with van der Waals surface area (Å²) in [5.41, 5.74) is -0.318. The first kappa shape index (κ1) is 14.9. The molecule has 0 aliphatic heterocycles. The molecule has 0 radical (unpaired) electrons. The van der Waals surface area contributed by atoms with Gasteiger partial charge in [0.15, 0.2) is 0 Å². The monoisotopic (exact) mass is 338 g/mol. The van der Waals surface area contributed by atoms with Crippen molar-refractivity contribution in [2.24, 2.45) is 0 Å². The van der Waals surface area contributed by atoms with Crippen molar-refractivity contribution in [2.75, 3.05) is 5.32 Å². The second-order valence-corrected chi connectivity index (χ2v) is 7.50. The van der Waals surface area contributed by atoms with E-state index < -0.39 is 46.2 Å². The summed E-state index contributed by atoms with van der Waals surface area (Å²) in [6, 6.07) is 1.42. The van der Waals surface area contributed by atoms with Crippen LogP contribution in [-0.2, 0) is 19.6 Å². The molecule has 1 amide bonds. The van der Waals surface area contributed by atoms with E-state index in [-0.39, 0.29) is 5.69 Å². The van der Waals surface area contributed by atoms with Gasteiger partial charge in [-0.3, -0.25) is 0 Å². The number of rotatable bonds is 3. The van der Waals surface area contributed by atoms with E-state index in [1.165, 1.54) is 0 Å². The Balaban J connectivity index is 3.52. The molecule has 0 saturated heterocycles. The van der Waals surface area contributed by atoms with Crippen LogP contribution in [0.25, 0.3) is 0 Å². The summed E-state index contributed by atoms with van der Waals surface area (Å²) in [5.74, 6) is -1.32. The van der Waals surface area contributed by atoms with E-state index >= 15 is 0 Å². The third-order valence-electron chi connectivity index (χ3n) is 1.88. The average Bonchev–Trinajstić information content (AvgIpc) is 2.13. The van der Waals surface area contributed by atoms with Crippen LogP contribution in [0.4, 0.5) is 5.69 Å². The topological polar surface area (TPSA) is 147 Å². The fourth-order valence-corrected chi connectivity index (χ4v) is 3.39. The van der Waals surface area contributed by atoms with E-state index in [0.29, 0.717) is 6.07 Å². The maximum absolute atomic E-state index is 11.2. The Morgan fingerprint density at radius 1 is 1.44 bits per heavy atom. The summed E-state index contributed by atoms with van der Waals surface area (Å²) in [6.45, 7) is 1.10. The Bertz CT molecular complexity index is 567. The standard InChI is InChI=1S/C8H10AsNO7S/c1-4(11)10-6-3-7(12)8(18(16)17)2-5(6)9(13,14)15/h2-3,12H,1H3,(H,10,11)(H,16,17)(H2,13,14,15)/p-1. The molecule has 0 spiro atoms. The van der Waals surface area contributed by atoms with E-state index in [0.717, 1.165) is 13.0 Å². The van der Waals surface area contributed by atoms with Crippen molar-refractivity contribution in [2.45, 2.75) is 11.8 Å². The molecule has 1 atom stereocenters. The number of carbonyl (C=O) groups excluding carboxylic acids is 1. The van der Waals surface area contributed by atoms with Crippen LogP contribution in [-0.4, -0.2) is 42.1 Å². The Kier molecular flexibility index (Phi) is 4.36. The van der Waals surface area contributed by atoms with Crippen molar-refractivity contribution in [3.63, 3.8) is 0 Å². The summed E-state index contributed by atoms with van der Waals surface area (Å²) in [7, 11) is 0. The molecule has 18 heavy (non-hydrogen) atoms. The SMILES string of the molecule is CC(=O)Nc1cc(O)c(S(=O)[O-])cc1[As](=O)(O)O. The molecule has 4 N–H and O–H groups in total. The zero-order valence-corrected chi connectivity index (χ0v) is 11.7. The summed E-state index contributed by atoms with van der Waals surface area (Å²) in [5, 5.41) is 11.5. The van der Waals surface area contributed by atoms with Crippen LogP contribution in [0.2, 0.25) is 0 Å². The van der Waals surface area contributed by atoms with Gasteiger partial charge in [0.2, 0.25) is 0 Å². The Morgan fingerprint density at radius 2 is 2.00 bits per heavy atom. The molecule has 0 heterocycles. The predicted molar refractivity (Wildman–Crippen MR) is 60.1 cm³/mol. The molecule has 0 aliphatic carbocycles. The van der Waals surface area contributed by atoms with E-state index in [4.69, 9.17) is 8.19 Å². The summed E-state index contributed by atoms with van der Waals surface area (Å²) < 4.78 is 50.3. The van der Waals surface area contributed by atoms with Gasteiger partial charge >= 0.3 is 107 Å². The van der Waals surface area contributed by atoms with Crippen LogP contribution in [0.3, 0.4) is 0 Å². The van der Waals surface area contributed by atoms with Crippen LogP contribution in [0.5, 0.6) is 5.75 Å². The molecule has 1 aromatic rings. The predicted octanol–water partition coefficient (Wildman–Crippen LogP) is -1.85. The van der Waals surface area contributed by atoms with E-state index in [1.807, 2.05) is 0 Å². The number of benzene rings is 1. The van der Waals surface area contributed by atoms with E-state index in [2.05, 4.69) is 5.32 Å². The zero-order valence-electron chi connectivity index (χ0n) is 8.98. The number of hydrogen-bond donors (Lipinski definition) is 4. The van der Waals surface area contributed by atoms with Crippen LogP contribution >= 0.6 is 0 Å². The molecule has 0 aliphatic rings. The first-order valence-electron chi connectivity index (χ1n) is 4.43. The van der Waals surface area contributed by atoms with E-state index in [1.54, 1.807) is 0 Å². The number of hydrogen-bond acceptors (Lipinski definition) is 5. The second-order valence-electron chi connectivity index (χ2n) is 3.30. The molecule has 0 aromatic heterocycles. The van der Waals surface area contributed by atoms with Crippen molar-refractivity contribution in [1.82, 2.24) is 0 Å². The Hall–Kier alpha value is -1.12. The van der Waals surface area contributed by atoms with Gasteiger partial charge in [-0.05, 0) is 0 Å². The van der Waals surface area contributed by atoms with E-state index in [9.17, 15) is 22.4 Å². The molecule has 100 valence electrons. The molecule has 1 aromatic carbocycles. The van der Waals surface area contributed by atoms with Crippen LogP contribution in [0.15, 0.2) is 17.0 Å². The molecule has 1 rings (SSSR count). The fourth-order valence-electron chi connectivity index (χ4n) is 1.22. The molecular weight excluding hydrogens is 329 g/mol. The number of amides is 1. The molecule has 0 saturated carbocycles. The normalized spacial score (nSPS) is 13.1. The van der Waals surface area contributed by atoms with Crippen LogP contribution in [0, 0.1) is 0 Å². The fraction of sp³-hybridized carbons (Fsp3) is 0.125. The van der Waals surface area contributed by atoms with Crippen molar-refractivity contribution in [3.8, 4) is 5.75 Å². The molecule has 8 nitrogen and oxygen atoms in total. The first-order valence-corrected chi connectivity index (χ1v) is 8.88. The van der Waals surface area contributed by atoms with Crippen molar-refractivity contribution < 1.29 is 30.6 Å². The summed E-state index contributed by atoms with van der Waals surface area (Å²) >= 11 is -8.30. The number of carbonyl (C=O) groups is 1. The molecule has 1 unspecified atom stereocenters. The quantitative estimate of drug-likeness (QED) is 0.374. The zero-order chi connectivity index (χ0) is 14.1. The van der Waals surface area contributed by atoms with Gasteiger partial charge in [0.1, 0.15) is 0 Å². The number of phenolic OH excluding ortho intramolecular Hbond substituents is 1. The minimum absolute atomic E-state index is 0.318. The van der Waals surface area contributed by atoms with Crippen molar-refractivity contribution >= 4 is 41.2 Å². The number of anilines is 1. The van der Waals surface area contributed by atoms with Gasteiger partial charge in [0.25, 0.3) is 0 Å². The molecular formula is C8H9AsNO7S-. The Morgan fingerprint density at radius 3 is 2.39 bits per heavy atom. The van der Waals surface area contributed by atoms with Gasteiger partial charge in [0.05, 0.1) is 0 Å². The third kappa shape index (κ3) is 3.44. The average molecular weight is 338 g/mol. The van der Waals surface area contributed by atoms with Crippen molar-refractivity contribution in [1.29, 1.82) is 0 Å². The van der Waals surface area contributed by atoms with Gasteiger partial charge in [-0.15, -0.1) is 0 Å². The number of aromatic hydroxyl groups is 1. The van der Waals surface area contributed by atoms with Gasteiger partial charge in [-0.25, -0.2) is 0 Å². The summed E-state index contributed by atoms with van der Waals surface area (Å²) in [6.07, 6.45) is 0. The molecule has 0 fully saturated rings. The second kappa shape index (κ2) is 5.25. The molecule has 10 heteroatoms. The molecule has 0 bridgehead atoms. The Labute approximate surface area is 107 Å². The first-order chi connectivity index (χ1) is 8.12. The van der Waals surface area contributed by atoms with Crippen LogP contribution < -0.4 is 9.67 Å². The number of nitrogens with one attached hydrogen (secondary N) is 1. The summed E-state index contributed by atoms with van der Waals surface area (Å²) in [4.78, 5) is 10.2. The number of phenols is 1.